The summed E-state index contributed by atoms with van der Waals surface area (Å²) < 4.78 is 10.3. The molecule has 5 nitrogen and oxygen atoms in total. The molecule has 21 heavy (non-hydrogen) atoms. The van der Waals surface area contributed by atoms with Crippen molar-refractivity contribution in [2.45, 2.75) is 0 Å². The minimum Gasteiger partial charge on any atom is -0.497 e. The van der Waals surface area contributed by atoms with E-state index in [2.05, 4.69) is 5.32 Å². The minimum absolute atomic E-state index is 0.286. The highest BCUT2D eigenvalue weighted by Gasteiger charge is 2.11. The van der Waals surface area contributed by atoms with Crippen molar-refractivity contribution in [3.05, 3.63) is 53.6 Å². The standard InChI is InChI=1S/C16H14N2O3/c1-20-13-7-8-15(21-2)14(9-13)18-16(19)12-5-3-11(10-17)4-6-12/h3-9H,1-2H3,(H,18,19). The summed E-state index contributed by atoms with van der Waals surface area (Å²) in [7, 11) is 3.08. The summed E-state index contributed by atoms with van der Waals surface area (Å²) in [6.07, 6.45) is 0. The highest BCUT2D eigenvalue weighted by Crippen LogP contribution is 2.29. The van der Waals surface area contributed by atoms with E-state index in [4.69, 9.17) is 14.7 Å². The van der Waals surface area contributed by atoms with E-state index in [9.17, 15) is 4.79 Å². The molecule has 0 bridgehead atoms. The van der Waals surface area contributed by atoms with Gasteiger partial charge in [0.25, 0.3) is 5.91 Å². The van der Waals surface area contributed by atoms with Gasteiger partial charge in [-0.3, -0.25) is 4.79 Å². The number of amides is 1. The lowest BCUT2D eigenvalue weighted by molar-refractivity contribution is 0.102. The first-order valence-corrected chi connectivity index (χ1v) is 6.21. The van der Waals surface area contributed by atoms with Crippen molar-refractivity contribution in [3.63, 3.8) is 0 Å². The van der Waals surface area contributed by atoms with Crippen molar-refractivity contribution < 1.29 is 14.3 Å². The van der Waals surface area contributed by atoms with Crippen molar-refractivity contribution in [1.29, 1.82) is 5.26 Å². The van der Waals surface area contributed by atoms with E-state index >= 15 is 0 Å². The fourth-order valence-corrected chi connectivity index (χ4v) is 1.80. The molecule has 0 unspecified atom stereocenters. The van der Waals surface area contributed by atoms with Crippen molar-refractivity contribution in [3.8, 4) is 17.6 Å². The van der Waals surface area contributed by atoms with Gasteiger partial charge in [0, 0.05) is 11.6 Å². The van der Waals surface area contributed by atoms with Crippen LogP contribution < -0.4 is 14.8 Å². The Morgan fingerprint density at radius 1 is 1.10 bits per heavy atom. The fraction of sp³-hybridized carbons (Fsp3) is 0.125. The average molecular weight is 282 g/mol. The maximum Gasteiger partial charge on any atom is 0.255 e. The molecular formula is C16H14N2O3. The molecule has 0 aliphatic rings. The van der Waals surface area contributed by atoms with Crippen LogP contribution in [-0.2, 0) is 0 Å². The summed E-state index contributed by atoms with van der Waals surface area (Å²) in [5.41, 5.74) is 1.48. The Hall–Kier alpha value is -3.00. The van der Waals surface area contributed by atoms with Crippen LogP contribution in [0.3, 0.4) is 0 Å². The molecule has 0 heterocycles. The van der Waals surface area contributed by atoms with Crippen LogP contribution in [0.2, 0.25) is 0 Å². The summed E-state index contributed by atoms with van der Waals surface area (Å²) in [5, 5.41) is 11.5. The Kier molecular flexibility index (Phi) is 4.42. The first kappa shape index (κ1) is 14.4. The van der Waals surface area contributed by atoms with E-state index in [1.54, 1.807) is 49.6 Å². The number of carbonyl (C=O) groups is 1. The van der Waals surface area contributed by atoms with Crippen molar-refractivity contribution in [1.82, 2.24) is 0 Å². The lowest BCUT2D eigenvalue weighted by Crippen LogP contribution is -2.12. The normalized spacial score (nSPS) is 9.57. The second kappa shape index (κ2) is 6.44. The number of nitrogens with zero attached hydrogens (tertiary/aromatic N) is 1. The minimum atomic E-state index is -0.286. The zero-order valence-corrected chi connectivity index (χ0v) is 11.7. The fourth-order valence-electron chi connectivity index (χ4n) is 1.80. The Morgan fingerprint density at radius 2 is 1.81 bits per heavy atom. The van der Waals surface area contributed by atoms with Crippen LogP contribution in [0.15, 0.2) is 42.5 Å². The zero-order valence-electron chi connectivity index (χ0n) is 11.7. The molecule has 5 heteroatoms. The summed E-state index contributed by atoms with van der Waals surface area (Å²) in [6.45, 7) is 0. The maximum absolute atomic E-state index is 12.2. The van der Waals surface area contributed by atoms with Gasteiger partial charge in [0.05, 0.1) is 31.5 Å². The molecule has 0 aromatic heterocycles. The van der Waals surface area contributed by atoms with Gasteiger partial charge in [-0.1, -0.05) is 0 Å². The summed E-state index contributed by atoms with van der Waals surface area (Å²) >= 11 is 0. The molecule has 0 atom stereocenters. The SMILES string of the molecule is COc1ccc(OC)c(NC(=O)c2ccc(C#N)cc2)c1. The molecule has 0 spiro atoms. The average Bonchev–Trinajstić information content (AvgIpc) is 2.54. The van der Waals surface area contributed by atoms with Crippen LogP contribution in [0.1, 0.15) is 15.9 Å². The number of rotatable bonds is 4. The van der Waals surface area contributed by atoms with Crippen LogP contribution in [-0.4, -0.2) is 20.1 Å². The summed E-state index contributed by atoms with van der Waals surface area (Å²) in [6, 6.07) is 13.5. The van der Waals surface area contributed by atoms with Crippen LogP contribution in [0.25, 0.3) is 0 Å². The number of hydrogen-bond acceptors (Lipinski definition) is 4. The van der Waals surface area contributed by atoms with Gasteiger partial charge in [0.15, 0.2) is 0 Å². The quantitative estimate of drug-likeness (QED) is 0.936. The lowest BCUT2D eigenvalue weighted by Gasteiger charge is -2.11. The number of anilines is 1. The van der Waals surface area contributed by atoms with Gasteiger partial charge in [-0.15, -0.1) is 0 Å². The topological polar surface area (TPSA) is 71.3 Å². The van der Waals surface area contributed by atoms with E-state index in [0.717, 1.165) is 0 Å². The molecule has 0 aliphatic carbocycles. The molecule has 1 N–H and O–H groups in total. The Bertz CT molecular complexity index is 688. The van der Waals surface area contributed by atoms with E-state index < -0.39 is 0 Å². The first-order chi connectivity index (χ1) is 10.2. The van der Waals surface area contributed by atoms with Gasteiger partial charge >= 0.3 is 0 Å². The predicted octanol–water partition coefficient (Wildman–Crippen LogP) is 2.83. The van der Waals surface area contributed by atoms with Crippen molar-refractivity contribution in [2.75, 3.05) is 19.5 Å². The van der Waals surface area contributed by atoms with Crippen LogP contribution in [0.5, 0.6) is 11.5 Å². The summed E-state index contributed by atoms with van der Waals surface area (Å²) in [4.78, 5) is 12.2. The third kappa shape index (κ3) is 3.31. The van der Waals surface area contributed by atoms with Crippen LogP contribution in [0.4, 0.5) is 5.69 Å². The molecule has 2 aromatic rings. The molecule has 2 aromatic carbocycles. The second-order valence-electron chi connectivity index (χ2n) is 4.21. The van der Waals surface area contributed by atoms with Gasteiger partial charge in [-0.05, 0) is 36.4 Å². The van der Waals surface area contributed by atoms with Gasteiger partial charge in [-0.25, -0.2) is 0 Å². The molecule has 0 saturated heterocycles. The third-order valence-corrected chi connectivity index (χ3v) is 2.93. The monoisotopic (exact) mass is 282 g/mol. The Morgan fingerprint density at radius 3 is 2.38 bits per heavy atom. The number of nitriles is 1. The molecular weight excluding hydrogens is 268 g/mol. The van der Waals surface area contributed by atoms with Crippen molar-refractivity contribution >= 4 is 11.6 Å². The highest BCUT2D eigenvalue weighted by molar-refractivity contribution is 6.05. The number of hydrogen-bond donors (Lipinski definition) is 1. The number of methoxy groups -OCH3 is 2. The highest BCUT2D eigenvalue weighted by atomic mass is 16.5. The van der Waals surface area contributed by atoms with E-state index in [1.807, 2.05) is 6.07 Å². The van der Waals surface area contributed by atoms with Crippen LogP contribution >= 0.6 is 0 Å². The van der Waals surface area contributed by atoms with Crippen molar-refractivity contribution in [2.24, 2.45) is 0 Å². The van der Waals surface area contributed by atoms with E-state index in [-0.39, 0.29) is 5.91 Å². The Labute approximate surface area is 122 Å². The largest absolute Gasteiger partial charge is 0.497 e. The van der Waals surface area contributed by atoms with Gasteiger partial charge in [0.1, 0.15) is 11.5 Å². The molecule has 0 saturated carbocycles. The molecule has 1 amide bonds. The number of benzene rings is 2. The lowest BCUT2D eigenvalue weighted by atomic mass is 10.1. The number of ether oxygens (including phenoxy) is 2. The second-order valence-corrected chi connectivity index (χ2v) is 4.21. The molecule has 2 rings (SSSR count). The van der Waals surface area contributed by atoms with E-state index in [1.165, 1.54) is 7.11 Å². The number of nitrogens with one attached hydrogen (secondary N) is 1. The first-order valence-electron chi connectivity index (χ1n) is 6.21. The summed E-state index contributed by atoms with van der Waals surface area (Å²) in [5.74, 6) is 0.870. The molecule has 106 valence electrons. The predicted molar refractivity (Wildman–Crippen MR) is 78.7 cm³/mol. The molecule has 0 fully saturated rings. The smallest absolute Gasteiger partial charge is 0.255 e. The van der Waals surface area contributed by atoms with Gasteiger partial charge in [-0.2, -0.15) is 5.26 Å². The molecule has 0 radical (unpaired) electrons. The third-order valence-electron chi connectivity index (χ3n) is 2.93. The zero-order chi connectivity index (χ0) is 15.2. The Balaban J connectivity index is 2.24. The molecule has 0 aliphatic heterocycles. The maximum atomic E-state index is 12.2. The van der Waals surface area contributed by atoms with E-state index in [0.29, 0.717) is 28.3 Å². The number of carbonyl (C=O) groups excluding carboxylic acids is 1. The van der Waals surface area contributed by atoms with Crippen LogP contribution in [0, 0.1) is 11.3 Å². The van der Waals surface area contributed by atoms with Gasteiger partial charge < -0.3 is 14.8 Å². The van der Waals surface area contributed by atoms with Gasteiger partial charge in [0.2, 0.25) is 0 Å².